The molecule has 2 atom stereocenters. The second kappa shape index (κ2) is 10.0. The van der Waals surface area contributed by atoms with E-state index >= 15 is 0 Å². The molecule has 2 N–H and O–H groups in total. The van der Waals surface area contributed by atoms with Crippen LogP contribution in [0.4, 0.5) is 0 Å². The number of carbonyl (C=O) groups excluding carboxylic acids is 2. The first-order valence-electron chi connectivity index (χ1n) is 10.1. The summed E-state index contributed by atoms with van der Waals surface area (Å²) in [5.74, 6) is -0.321. The Labute approximate surface area is 186 Å². The van der Waals surface area contributed by atoms with Crippen LogP contribution in [0.25, 0.3) is 6.08 Å². The molecule has 9 heteroatoms. The molecule has 168 valence electrons. The zero-order valence-corrected chi connectivity index (χ0v) is 18.5. The Morgan fingerprint density at radius 1 is 1.31 bits per heavy atom. The van der Waals surface area contributed by atoms with Crippen LogP contribution in [-0.4, -0.2) is 42.8 Å². The predicted octanol–water partition coefficient (Wildman–Crippen LogP) is 2.21. The van der Waals surface area contributed by atoms with Crippen LogP contribution in [0, 0.1) is 25.2 Å². The Bertz CT molecular complexity index is 1080. The fraction of sp³-hybridized carbons (Fsp3) is 0.348. The maximum absolute atomic E-state index is 12.5. The van der Waals surface area contributed by atoms with Crippen molar-refractivity contribution < 1.29 is 23.8 Å². The average Bonchev–Trinajstić information content (AvgIpc) is 3.07. The summed E-state index contributed by atoms with van der Waals surface area (Å²) in [5.41, 5.74) is 7.05. The van der Waals surface area contributed by atoms with E-state index in [9.17, 15) is 14.9 Å². The van der Waals surface area contributed by atoms with E-state index in [0.717, 1.165) is 17.0 Å². The Balaban J connectivity index is 1.65. The normalized spacial score (nSPS) is 16.1. The van der Waals surface area contributed by atoms with Gasteiger partial charge in [0.25, 0.3) is 11.8 Å². The van der Waals surface area contributed by atoms with E-state index in [4.69, 9.17) is 14.2 Å². The van der Waals surface area contributed by atoms with Crippen molar-refractivity contribution in [3.05, 3.63) is 52.9 Å². The number of aryl methyl sites for hydroxylation is 1. The van der Waals surface area contributed by atoms with Crippen molar-refractivity contribution in [1.29, 1.82) is 5.26 Å². The number of carbonyl (C=O) groups is 2. The van der Waals surface area contributed by atoms with Gasteiger partial charge in [0.1, 0.15) is 18.2 Å². The number of hydrogen-bond acceptors (Lipinski definition) is 6. The summed E-state index contributed by atoms with van der Waals surface area (Å²) < 4.78 is 18.4. The molecule has 0 fully saturated rings. The van der Waals surface area contributed by atoms with E-state index in [1.165, 1.54) is 6.08 Å². The fourth-order valence-corrected chi connectivity index (χ4v) is 3.66. The third-order valence-corrected chi connectivity index (χ3v) is 5.14. The summed E-state index contributed by atoms with van der Waals surface area (Å²) in [5, 5.41) is 9.48. The number of aromatic nitrogens is 1. The lowest BCUT2D eigenvalue weighted by Gasteiger charge is -2.25. The van der Waals surface area contributed by atoms with Gasteiger partial charge in [0.15, 0.2) is 11.5 Å². The molecule has 2 aromatic rings. The van der Waals surface area contributed by atoms with E-state index in [2.05, 4.69) is 15.4 Å². The van der Waals surface area contributed by atoms with Gasteiger partial charge in [-0.15, -0.1) is 0 Å². The molecule has 2 amide bonds. The van der Waals surface area contributed by atoms with Gasteiger partial charge in [0.05, 0.1) is 12.6 Å². The topological polar surface area (TPSA) is 115 Å². The number of nitrogens with one attached hydrogen (secondary N) is 2. The average molecular weight is 438 g/mol. The fourth-order valence-electron chi connectivity index (χ4n) is 3.66. The minimum Gasteiger partial charge on any atom is -0.485 e. The van der Waals surface area contributed by atoms with Gasteiger partial charge in [-0.05, 0) is 50.6 Å². The lowest BCUT2D eigenvalue weighted by atomic mass is 10.1. The first kappa shape index (κ1) is 22.9. The first-order valence-corrected chi connectivity index (χ1v) is 10.1. The number of nitriles is 1. The molecular formula is C23H26N4O5. The summed E-state index contributed by atoms with van der Waals surface area (Å²) in [7, 11) is 1.64. The van der Waals surface area contributed by atoms with Gasteiger partial charge in [-0.25, -0.2) is 0 Å². The van der Waals surface area contributed by atoms with E-state index in [1.807, 2.05) is 32.9 Å². The quantitative estimate of drug-likeness (QED) is 0.406. The molecule has 0 aliphatic carbocycles. The first-order chi connectivity index (χ1) is 15.3. The van der Waals surface area contributed by atoms with E-state index in [-0.39, 0.29) is 18.2 Å². The molecule has 1 aliphatic heterocycles. The molecule has 0 bridgehead atoms. The number of benzene rings is 1. The number of rotatable bonds is 6. The summed E-state index contributed by atoms with van der Waals surface area (Å²) in [6, 6.07) is 10.9. The van der Waals surface area contributed by atoms with Gasteiger partial charge in [0.2, 0.25) is 6.10 Å². The molecule has 0 spiro atoms. The van der Waals surface area contributed by atoms with Crippen LogP contribution in [0.3, 0.4) is 0 Å². The highest BCUT2D eigenvalue weighted by Crippen LogP contribution is 2.30. The molecule has 0 saturated heterocycles. The molecular weight excluding hydrogens is 412 g/mol. The largest absolute Gasteiger partial charge is 0.485 e. The van der Waals surface area contributed by atoms with E-state index < -0.39 is 17.9 Å². The van der Waals surface area contributed by atoms with Gasteiger partial charge in [-0.2, -0.15) is 5.26 Å². The van der Waals surface area contributed by atoms with Gasteiger partial charge in [-0.3, -0.25) is 20.4 Å². The highest BCUT2D eigenvalue weighted by molar-refractivity contribution is 6.02. The number of nitrogens with zero attached hydrogens (tertiary/aromatic N) is 2. The summed E-state index contributed by atoms with van der Waals surface area (Å²) in [4.78, 5) is 24.9. The standard InChI is InChI=1S/C23H26N4O5/c1-14-9-17(16(3)27(14)15(2)12-30-4)10-18(11-24)22(28)25-26-23(29)21-13-31-19-7-5-6-8-20(19)32-21/h5-10,15,21H,12-13H2,1-4H3,(H,25,28)(H,26,29)/b18-10-. The lowest BCUT2D eigenvalue weighted by Crippen LogP contribution is -2.51. The van der Waals surface area contributed by atoms with Crippen LogP contribution in [-0.2, 0) is 14.3 Å². The molecule has 1 aromatic heterocycles. The van der Waals surface area contributed by atoms with Crippen LogP contribution in [0.2, 0.25) is 0 Å². The summed E-state index contributed by atoms with van der Waals surface area (Å²) >= 11 is 0. The SMILES string of the molecule is COCC(C)n1c(C)cc(/C=C(/C#N)C(=O)NNC(=O)C2COc3ccccc3O2)c1C. The van der Waals surface area contributed by atoms with Crippen LogP contribution in [0.1, 0.15) is 29.9 Å². The highest BCUT2D eigenvalue weighted by atomic mass is 16.6. The van der Waals surface area contributed by atoms with Crippen LogP contribution < -0.4 is 20.3 Å². The molecule has 2 heterocycles. The number of hydrazine groups is 1. The molecule has 2 unspecified atom stereocenters. The second-order valence-electron chi connectivity index (χ2n) is 7.48. The Morgan fingerprint density at radius 2 is 2.03 bits per heavy atom. The Hall–Kier alpha value is -3.77. The molecule has 0 saturated carbocycles. The summed E-state index contributed by atoms with van der Waals surface area (Å²) in [6.07, 6.45) is 0.567. The Kier molecular flexibility index (Phi) is 7.18. The molecule has 0 radical (unpaired) electrons. The maximum Gasteiger partial charge on any atom is 0.283 e. The second-order valence-corrected chi connectivity index (χ2v) is 7.48. The highest BCUT2D eigenvalue weighted by Gasteiger charge is 2.27. The number of methoxy groups -OCH3 is 1. The van der Waals surface area contributed by atoms with Crippen molar-refractivity contribution in [1.82, 2.24) is 15.4 Å². The van der Waals surface area contributed by atoms with Gasteiger partial charge in [-0.1, -0.05) is 12.1 Å². The Morgan fingerprint density at radius 3 is 2.72 bits per heavy atom. The third kappa shape index (κ3) is 4.92. The number of amides is 2. The minimum atomic E-state index is -0.930. The zero-order chi connectivity index (χ0) is 23.3. The van der Waals surface area contributed by atoms with Crippen molar-refractivity contribution in [3.8, 4) is 17.6 Å². The van der Waals surface area contributed by atoms with Gasteiger partial charge >= 0.3 is 0 Å². The predicted molar refractivity (Wildman–Crippen MR) is 117 cm³/mol. The van der Waals surface area contributed by atoms with Crippen LogP contribution in [0.5, 0.6) is 11.5 Å². The van der Waals surface area contributed by atoms with Crippen molar-refractivity contribution >= 4 is 17.9 Å². The number of hydrogen-bond donors (Lipinski definition) is 2. The maximum atomic E-state index is 12.5. The molecule has 1 aliphatic rings. The van der Waals surface area contributed by atoms with Crippen LogP contribution in [0.15, 0.2) is 35.9 Å². The van der Waals surface area contributed by atoms with E-state index in [1.54, 1.807) is 31.4 Å². The van der Waals surface area contributed by atoms with Crippen molar-refractivity contribution in [2.75, 3.05) is 20.3 Å². The molecule has 9 nitrogen and oxygen atoms in total. The smallest absolute Gasteiger partial charge is 0.283 e. The summed E-state index contributed by atoms with van der Waals surface area (Å²) in [6.45, 7) is 6.44. The van der Waals surface area contributed by atoms with Crippen molar-refractivity contribution in [3.63, 3.8) is 0 Å². The minimum absolute atomic E-state index is 0.00527. The van der Waals surface area contributed by atoms with Crippen LogP contribution >= 0.6 is 0 Å². The molecule has 32 heavy (non-hydrogen) atoms. The number of fused-ring (bicyclic) bond motifs is 1. The van der Waals surface area contributed by atoms with Gasteiger partial charge in [0, 0.05) is 18.5 Å². The molecule has 1 aromatic carbocycles. The number of ether oxygens (including phenoxy) is 3. The van der Waals surface area contributed by atoms with Crippen molar-refractivity contribution in [2.24, 2.45) is 0 Å². The monoisotopic (exact) mass is 438 g/mol. The lowest BCUT2D eigenvalue weighted by molar-refractivity contribution is -0.134. The van der Waals surface area contributed by atoms with Crippen molar-refractivity contribution in [2.45, 2.75) is 32.9 Å². The number of para-hydroxylation sites is 2. The molecule has 3 rings (SSSR count). The van der Waals surface area contributed by atoms with Gasteiger partial charge < -0.3 is 18.8 Å². The van der Waals surface area contributed by atoms with E-state index in [0.29, 0.717) is 18.1 Å². The zero-order valence-electron chi connectivity index (χ0n) is 18.5. The third-order valence-electron chi connectivity index (χ3n) is 5.14.